The molecular formula is C12H13F3N2O3. The number of amides is 2. The molecule has 110 valence electrons. The zero-order valence-corrected chi connectivity index (χ0v) is 10.6. The molecule has 0 fully saturated rings. The van der Waals surface area contributed by atoms with E-state index in [0.29, 0.717) is 5.56 Å². The molecule has 0 saturated carbocycles. The first-order valence-electron chi connectivity index (χ1n) is 5.60. The van der Waals surface area contributed by atoms with Gasteiger partial charge in [-0.2, -0.15) is 13.2 Å². The van der Waals surface area contributed by atoms with Gasteiger partial charge in [0.1, 0.15) is 0 Å². The first-order valence-corrected chi connectivity index (χ1v) is 5.60. The van der Waals surface area contributed by atoms with E-state index in [4.69, 9.17) is 0 Å². The van der Waals surface area contributed by atoms with E-state index in [-0.39, 0.29) is 0 Å². The monoisotopic (exact) mass is 290 g/mol. The van der Waals surface area contributed by atoms with Gasteiger partial charge >= 0.3 is 6.18 Å². The van der Waals surface area contributed by atoms with Gasteiger partial charge in [-0.1, -0.05) is 17.7 Å². The minimum atomic E-state index is -4.53. The van der Waals surface area contributed by atoms with E-state index in [1.165, 1.54) is 0 Å². The number of rotatable bonds is 5. The first-order chi connectivity index (χ1) is 9.28. The van der Waals surface area contributed by atoms with Crippen molar-refractivity contribution in [2.45, 2.75) is 13.1 Å². The Hall–Kier alpha value is -2.09. The largest absolute Gasteiger partial charge is 0.414 e. The van der Waals surface area contributed by atoms with Crippen LogP contribution in [-0.2, 0) is 9.63 Å². The number of aryl methyl sites for hydroxylation is 1. The molecule has 0 heterocycles. The number of hydroxylamine groups is 1. The summed E-state index contributed by atoms with van der Waals surface area (Å²) < 4.78 is 35.2. The van der Waals surface area contributed by atoms with Crippen LogP contribution in [0.1, 0.15) is 15.9 Å². The summed E-state index contributed by atoms with van der Waals surface area (Å²) in [5.41, 5.74) is 2.81. The molecule has 8 heteroatoms. The van der Waals surface area contributed by atoms with Crippen LogP contribution in [0.25, 0.3) is 0 Å². The molecule has 0 radical (unpaired) electrons. The number of hydrogen-bond donors (Lipinski definition) is 2. The summed E-state index contributed by atoms with van der Waals surface area (Å²) in [4.78, 5) is 26.7. The second kappa shape index (κ2) is 6.90. The van der Waals surface area contributed by atoms with Crippen molar-refractivity contribution in [2.75, 3.05) is 13.2 Å². The molecule has 0 bridgehead atoms. The lowest BCUT2D eigenvalue weighted by molar-refractivity contribution is -0.191. The standard InChI is InChI=1S/C12H13F3N2O3/c1-8-3-2-4-9(5-8)11(19)16-6-10(18)17-20-7-12(13,14)15/h2-5H,6-7H2,1H3,(H,16,19)(H,17,18). The molecule has 0 unspecified atom stereocenters. The van der Waals surface area contributed by atoms with Crippen molar-refractivity contribution in [3.63, 3.8) is 0 Å². The van der Waals surface area contributed by atoms with Crippen molar-refractivity contribution < 1.29 is 27.6 Å². The number of hydrogen-bond acceptors (Lipinski definition) is 3. The van der Waals surface area contributed by atoms with Gasteiger partial charge in [-0.05, 0) is 19.1 Å². The predicted octanol–water partition coefficient (Wildman–Crippen LogP) is 1.33. The Morgan fingerprint density at radius 3 is 2.60 bits per heavy atom. The van der Waals surface area contributed by atoms with E-state index in [2.05, 4.69) is 10.2 Å². The molecule has 5 nitrogen and oxygen atoms in total. The Balaban J connectivity index is 2.32. The van der Waals surface area contributed by atoms with Crippen LogP contribution >= 0.6 is 0 Å². The molecule has 0 spiro atoms. The van der Waals surface area contributed by atoms with E-state index in [0.717, 1.165) is 5.56 Å². The van der Waals surface area contributed by atoms with Crippen molar-refractivity contribution in [3.8, 4) is 0 Å². The van der Waals surface area contributed by atoms with Crippen molar-refractivity contribution in [1.82, 2.24) is 10.8 Å². The lowest BCUT2D eigenvalue weighted by Crippen LogP contribution is -2.38. The van der Waals surface area contributed by atoms with Crippen LogP contribution in [0.5, 0.6) is 0 Å². The Bertz CT molecular complexity index is 489. The van der Waals surface area contributed by atoms with Gasteiger partial charge in [0.05, 0.1) is 6.54 Å². The molecule has 0 atom stereocenters. The molecule has 2 amide bonds. The van der Waals surface area contributed by atoms with Gasteiger partial charge in [-0.3, -0.25) is 14.4 Å². The number of carbonyl (C=O) groups excluding carboxylic acids is 2. The SMILES string of the molecule is Cc1cccc(C(=O)NCC(=O)NOCC(F)(F)F)c1. The maximum absolute atomic E-state index is 11.7. The lowest BCUT2D eigenvalue weighted by Gasteiger charge is -2.09. The highest BCUT2D eigenvalue weighted by atomic mass is 19.4. The smallest absolute Gasteiger partial charge is 0.343 e. The van der Waals surface area contributed by atoms with Crippen LogP contribution in [0.3, 0.4) is 0 Å². The van der Waals surface area contributed by atoms with Gasteiger partial charge in [0, 0.05) is 5.56 Å². The Morgan fingerprint density at radius 2 is 2.00 bits per heavy atom. The molecule has 1 aromatic rings. The van der Waals surface area contributed by atoms with Crippen LogP contribution in [0, 0.1) is 6.92 Å². The molecule has 0 aliphatic carbocycles. The normalized spacial score (nSPS) is 11.0. The second-order valence-corrected chi connectivity index (χ2v) is 3.98. The van der Waals surface area contributed by atoms with Crippen molar-refractivity contribution in [3.05, 3.63) is 35.4 Å². The summed E-state index contributed by atoms with van der Waals surface area (Å²) in [6, 6.07) is 6.65. The molecule has 0 aliphatic heterocycles. The fourth-order valence-corrected chi connectivity index (χ4v) is 1.28. The number of alkyl halides is 3. The van der Waals surface area contributed by atoms with Gasteiger partial charge < -0.3 is 5.32 Å². The minimum absolute atomic E-state index is 0.356. The highest BCUT2D eigenvalue weighted by Gasteiger charge is 2.28. The van der Waals surface area contributed by atoms with E-state index in [9.17, 15) is 22.8 Å². The van der Waals surface area contributed by atoms with Gasteiger partial charge in [-0.15, -0.1) is 0 Å². The van der Waals surface area contributed by atoms with E-state index in [1.807, 2.05) is 0 Å². The molecule has 0 aromatic heterocycles. The molecule has 1 rings (SSSR count). The summed E-state index contributed by atoms with van der Waals surface area (Å²) in [7, 11) is 0. The highest BCUT2D eigenvalue weighted by Crippen LogP contribution is 2.13. The van der Waals surface area contributed by atoms with Gasteiger partial charge in [0.25, 0.3) is 11.8 Å². The maximum atomic E-state index is 11.7. The number of halogens is 3. The molecule has 0 aliphatic rings. The quantitative estimate of drug-likeness (QED) is 0.804. The maximum Gasteiger partial charge on any atom is 0.414 e. The Kier molecular flexibility index (Phi) is 5.51. The molecule has 0 saturated heterocycles. The van der Waals surface area contributed by atoms with Crippen LogP contribution in [0.4, 0.5) is 13.2 Å². The summed E-state index contributed by atoms with van der Waals surface area (Å²) in [5.74, 6) is -1.38. The molecule has 20 heavy (non-hydrogen) atoms. The summed E-state index contributed by atoms with van der Waals surface area (Å²) in [5, 5.41) is 2.26. The van der Waals surface area contributed by atoms with E-state index in [1.54, 1.807) is 36.7 Å². The average Bonchev–Trinajstić information content (AvgIpc) is 2.34. The number of nitrogens with one attached hydrogen (secondary N) is 2. The summed E-state index contributed by atoms with van der Waals surface area (Å²) in [6.45, 7) is -0.274. The summed E-state index contributed by atoms with van der Waals surface area (Å²) in [6.07, 6.45) is -4.53. The van der Waals surface area contributed by atoms with Gasteiger partial charge in [0.15, 0.2) is 6.61 Å². The fourth-order valence-electron chi connectivity index (χ4n) is 1.28. The van der Waals surface area contributed by atoms with Crippen LogP contribution < -0.4 is 10.8 Å². The zero-order chi connectivity index (χ0) is 15.2. The predicted molar refractivity (Wildman–Crippen MR) is 63.7 cm³/mol. The van der Waals surface area contributed by atoms with E-state index < -0.39 is 31.1 Å². The first kappa shape index (κ1) is 16.0. The highest BCUT2D eigenvalue weighted by molar-refractivity contribution is 5.96. The van der Waals surface area contributed by atoms with Crippen molar-refractivity contribution >= 4 is 11.8 Å². The minimum Gasteiger partial charge on any atom is -0.343 e. The second-order valence-electron chi connectivity index (χ2n) is 3.98. The van der Waals surface area contributed by atoms with Gasteiger partial charge in [-0.25, -0.2) is 5.48 Å². The number of carbonyl (C=O) groups is 2. The van der Waals surface area contributed by atoms with E-state index >= 15 is 0 Å². The summed E-state index contributed by atoms with van der Waals surface area (Å²) >= 11 is 0. The lowest BCUT2D eigenvalue weighted by atomic mass is 10.1. The Labute approximate surface area is 113 Å². The van der Waals surface area contributed by atoms with Crippen molar-refractivity contribution in [1.29, 1.82) is 0 Å². The molecule has 2 N–H and O–H groups in total. The third kappa shape index (κ3) is 6.19. The third-order valence-electron chi connectivity index (χ3n) is 2.11. The Morgan fingerprint density at radius 1 is 1.30 bits per heavy atom. The molecular weight excluding hydrogens is 277 g/mol. The van der Waals surface area contributed by atoms with Gasteiger partial charge in [0.2, 0.25) is 0 Å². The fraction of sp³-hybridized carbons (Fsp3) is 0.333. The van der Waals surface area contributed by atoms with Crippen molar-refractivity contribution in [2.24, 2.45) is 0 Å². The van der Waals surface area contributed by atoms with Crippen LogP contribution in [0.15, 0.2) is 24.3 Å². The average molecular weight is 290 g/mol. The zero-order valence-electron chi connectivity index (χ0n) is 10.6. The molecule has 1 aromatic carbocycles. The topological polar surface area (TPSA) is 67.4 Å². The number of benzene rings is 1. The third-order valence-corrected chi connectivity index (χ3v) is 2.11. The van der Waals surface area contributed by atoms with Crippen LogP contribution in [-0.4, -0.2) is 31.1 Å². The van der Waals surface area contributed by atoms with Crippen LogP contribution in [0.2, 0.25) is 0 Å².